The van der Waals surface area contributed by atoms with Gasteiger partial charge in [0.15, 0.2) is 0 Å². The maximum atomic E-state index is 12.5. The SMILES string of the molecule is Cc1ccc(S(=O)(=O)c2nc3ccccc3s2)cc1. The Labute approximate surface area is 115 Å². The van der Waals surface area contributed by atoms with Crippen molar-refractivity contribution in [3.8, 4) is 0 Å². The number of thiazole rings is 1. The molecule has 2 aromatic carbocycles. The van der Waals surface area contributed by atoms with Gasteiger partial charge in [-0.05, 0) is 31.2 Å². The molecular formula is C14H11NO2S2. The number of rotatable bonds is 2. The van der Waals surface area contributed by atoms with E-state index in [4.69, 9.17) is 0 Å². The number of hydrogen-bond donors (Lipinski definition) is 0. The highest BCUT2D eigenvalue weighted by atomic mass is 32.2. The van der Waals surface area contributed by atoms with Gasteiger partial charge in [0.25, 0.3) is 0 Å². The number of sulfone groups is 1. The quantitative estimate of drug-likeness (QED) is 0.726. The average Bonchev–Trinajstić information content (AvgIpc) is 2.83. The van der Waals surface area contributed by atoms with Crippen LogP contribution in [0.2, 0.25) is 0 Å². The van der Waals surface area contributed by atoms with E-state index in [2.05, 4.69) is 4.98 Å². The summed E-state index contributed by atoms with van der Waals surface area (Å²) in [5.41, 5.74) is 1.75. The van der Waals surface area contributed by atoms with E-state index in [0.29, 0.717) is 0 Å². The van der Waals surface area contributed by atoms with Crippen LogP contribution in [0.1, 0.15) is 5.56 Å². The fraction of sp³-hybridized carbons (Fsp3) is 0.0714. The van der Waals surface area contributed by atoms with Gasteiger partial charge in [0, 0.05) is 0 Å². The maximum absolute atomic E-state index is 12.5. The summed E-state index contributed by atoms with van der Waals surface area (Å²) >= 11 is 1.20. The Morgan fingerprint density at radius 2 is 1.68 bits per heavy atom. The Morgan fingerprint density at radius 3 is 2.37 bits per heavy atom. The predicted molar refractivity (Wildman–Crippen MR) is 76.3 cm³/mol. The summed E-state index contributed by atoms with van der Waals surface area (Å²) in [5, 5.41) is 0. The Bertz CT molecular complexity index is 800. The molecule has 19 heavy (non-hydrogen) atoms. The van der Waals surface area contributed by atoms with Crippen LogP contribution < -0.4 is 0 Å². The summed E-state index contributed by atoms with van der Waals surface area (Å²) in [6.45, 7) is 1.92. The molecule has 0 atom stereocenters. The fourth-order valence-electron chi connectivity index (χ4n) is 1.78. The Kier molecular flexibility index (Phi) is 2.88. The third-order valence-electron chi connectivity index (χ3n) is 2.84. The molecule has 3 aromatic rings. The zero-order chi connectivity index (χ0) is 13.5. The topological polar surface area (TPSA) is 47.0 Å². The molecule has 0 saturated heterocycles. The van der Waals surface area contributed by atoms with Crippen LogP contribution in [-0.2, 0) is 9.84 Å². The lowest BCUT2D eigenvalue weighted by atomic mass is 10.2. The second kappa shape index (κ2) is 4.43. The van der Waals surface area contributed by atoms with E-state index in [0.717, 1.165) is 15.8 Å². The molecule has 0 bridgehead atoms. The van der Waals surface area contributed by atoms with Crippen molar-refractivity contribution in [2.75, 3.05) is 0 Å². The predicted octanol–water partition coefficient (Wildman–Crippen LogP) is 3.44. The lowest BCUT2D eigenvalue weighted by Crippen LogP contribution is -2.01. The molecule has 5 heteroatoms. The third kappa shape index (κ3) is 2.15. The van der Waals surface area contributed by atoms with E-state index >= 15 is 0 Å². The Balaban J connectivity index is 2.16. The lowest BCUT2D eigenvalue weighted by Gasteiger charge is -2.00. The van der Waals surface area contributed by atoms with Gasteiger partial charge in [-0.25, -0.2) is 13.4 Å². The first kappa shape index (κ1) is 12.3. The van der Waals surface area contributed by atoms with E-state index in [1.165, 1.54) is 11.3 Å². The molecule has 0 N–H and O–H groups in total. The first-order chi connectivity index (χ1) is 9.07. The largest absolute Gasteiger partial charge is 0.233 e. The van der Waals surface area contributed by atoms with Crippen molar-refractivity contribution in [3.05, 3.63) is 54.1 Å². The van der Waals surface area contributed by atoms with Gasteiger partial charge in [-0.2, -0.15) is 0 Å². The molecule has 0 unspecified atom stereocenters. The molecule has 0 aliphatic heterocycles. The minimum Gasteiger partial charge on any atom is -0.225 e. The standard InChI is InChI=1S/C14H11NO2S2/c1-10-6-8-11(9-7-10)19(16,17)14-15-12-4-2-3-5-13(12)18-14/h2-9H,1H3. The highest BCUT2D eigenvalue weighted by Crippen LogP contribution is 2.29. The highest BCUT2D eigenvalue weighted by Gasteiger charge is 2.21. The number of nitrogens with zero attached hydrogens (tertiary/aromatic N) is 1. The van der Waals surface area contributed by atoms with E-state index in [-0.39, 0.29) is 9.24 Å². The summed E-state index contributed by atoms with van der Waals surface area (Å²) in [5.74, 6) is 0. The second-order valence-corrected chi connectivity index (χ2v) is 7.42. The summed E-state index contributed by atoms with van der Waals surface area (Å²) in [7, 11) is -3.51. The molecule has 0 radical (unpaired) electrons. The summed E-state index contributed by atoms with van der Waals surface area (Å²) in [6.07, 6.45) is 0. The van der Waals surface area contributed by atoms with Crippen LogP contribution in [0.5, 0.6) is 0 Å². The van der Waals surface area contributed by atoms with Crippen LogP contribution in [0.4, 0.5) is 0 Å². The molecule has 0 fully saturated rings. The molecule has 0 aliphatic carbocycles. The molecule has 1 aromatic heterocycles. The van der Waals surface area contributed by atoms with Gasteiger partial charge in [0.2, 0.25) is 14.2 Å². The fourth-order valence-corrected chi connectivity index (χ4v) is 4.39. The van der Waals surface area contributed by atoms with Crippen molar-refractivity contribution in [2.45, 2.75) is 16.2 Å². The van der Waals surface area contributed by atoms with Gasteiger partial charge in [-0.15, -0.1) is 11.3 Å². The third-order valence-corrected chi connectivity index (χ3v) is 6.02. The van der Waals surface area contributed by atoms with Gasteiger partial charge in [0.1, 0.15) is 0 Å². The molecular weight excluding hydrogens is 278 g/mol. The smallest absolute Gasteiger partial charge is 0.225 e. The van der Waals surface area contributed by atoms with Crippen LogP contribution in [0.3, 0.4) is 0 Å². The molecule has 96 valence electrons. The van der Waals surface area contributed by atoms with Gasteiger partial charge < -0.3 is 0 Å². The molecule has 0 amide bonds. The number of hydrogen-bond acceptors (Lipinski definition) is 4. The molecule has 0 saturated carbocycles. The van der Waals surface area contributed by atoms with Crippen LogP contribution in [0, 0.1) is 6.92 Å². The van der Waals surface area contributed by atoms with Gasteiger partial charge in [0.05, 0.1) is 15.1 Å². The van der Waals surface area contributed by atoms with Crippen molar-refractivity contribution in [2.24, 2.45) is 0 Å². The van der Waals surface area contributed by atoms with Crippen molar-refractivity contribution in [1.29, 1.82) is 0 Å². The van der Waals surface area contributed by atoms with Crippen LogP contribution in [0.25, 0.3) is 10.2 Å². The molecule has 1 heterocycles. The van der Waals surface area contributed by atoms with Crippen molar-refractivity contribution >= 4 is 31.4 Å². The van der Waals surface area contributed by atoms with Crippen molar-refractivity contribution < 1.29 is 8.42 Å². The number of benzene rings is 2. The Hall–Kier alpha value is -1.72. The molecule has 0 aliphatic rings. The zero-order valence-corrected chi connectivity index (χ0v) is 11.8. The molecule has 3 nitrogen and oxygen atoms in total. The number of aryl methyl sites for hydroxylation is 1. The summed E-state index contributed by atoms with van der Waals surface area (Å²) < 4.78 is 26.0. The monoisotopic (exact) mass is 289 g/mol. The first-order valence-electron chi connectivity index (χ1n) is 5.75. The number of fused-ring (bicyclic) bond motifs is 1. The zero-order valence-electron chi connectivity index (χ0n) is 10.2. The average molecular weight is 289 g/mol. The van der Waals surface area contributed by atoms with Crippen molar-refractivity contribution in [3.63, 3.8) is 0 Å². The minimum absolute atomic E-state index is 0.151. The normalized spacial score (nSPS) is 11.8. The van der Waals surface area contributed by atoms with E-state index < -0.39 is 9.84 Å². The summed E-state index contributed by atoms with van der Waals surface area (Å²) in [4.78, 5) is 4.50. The van der Waals surface area contributed by atoms with E-state index in [9.17, 15) is 8.42 Å². The van der Waals surface area contributed by atoms with E-state index in [1.807, 2.05) is 31.2 Å². The molecule has 3 rings (SSSR count). The maximum Gasteiger partial charge on any atom is 0.233 e. The van der Waals surface area contributed by atoms with Gasteiger partial charge in [-0.1, -0.05) is 29.8 Å². The Morgan fingerprint density at radius 1 is 1.00 bits per heavy atom. The van der Waals surface area contributed by atoms with Crippen LogP contribution in [-0.4, -0.2) is 13.4 Å². The minimum atomic E-state index is -3.51. The van der Waals surface area contributed by atoms with Crippen LogP contribution >= 0.6 is 11.3 Å². The number of aromatic nitrogens is 1. The summed E-state index contributed by atoms with van der Waals surface area (Å²) in [6, 6.07) is 14.3. The highest BCUT2D eigenvalue weighted by molar-refractivity contribution is 7.93. The lowest BCUT2D eigenvalue weighted by molar-refractivity contribution is 0.595. The van der Waals surface area contributed by atoms with Crippen molar-refractivity contribution in [1.82, 2.24) is 4.98 Å². The van der Waals surface area contributed by atoms with Gasteiger partial charge >= 0.3 is 0 Å². The van der Waals surface area contributed by atoms with Gasteiger partial charge in [-0.3, -0.25) is 0 Å². The van der Waals surface area contributed by atoms with E-state index in [1.54, 1.807) is 24.3 Å². The van der Waals surface area contributed by atoms with Crippen LogP contribution in [0.15, 0.2) is 57.8 Å². The first-order valence-corrected chi connectivity index (χ1v) is 8.05. The number of para-hydroxylation sites is 1. The molecule has 0 spiro atoms. The second-order valence-electron chi connectivity index (χ2n) is 4.26.